The Kier molecular flexibility index (Phi) is 5.21. The van der Waals surface area contributed by atoms with E-state index in [0.29, 0.717) is 6.04 Å². The average Bonchev–Trinajstić information content (AvgIpc) is 2.55. The number of likely N-dealkylation sites (tertiary alicyclic amines) is 1. The molecule has 2 amide bonds. The maximum Gasteiger partial charge on any atom is 0.317 e. The summed E-state index contributed by atoms with van der Waals surface area (Å²) in [7, 11) is 0. The van der Waals surface area contributed by atoms with Crippen LogP contribution in [0.1, 0.15) is 37.8 Å². The molecule has 4 heteroatoms. The third-order valence-corrected chi connectivity index (χ3v) is 4.96. The number of nitrogens with one attached hydrogen (secondary N) is 1. The molecular weight excluding hydrogens is 286 g/mol. The van der Waals surface area contributed by atoms with Crippen LogP contribution in [0.5, 0.6) is 0 Å². The van der Waals surface area contributed by atoms with Crippen molar-refractivity contribution >= 4 is 6.03 Å². The van der Waals surface area contributed by atoms with Crippen LogP contribution in [0.3, 0.4) is 0 Å². The molecule has 2 aliphatic rings. The minimum Gasteiger partial charge on any atom is -0.335 e. The topological polar surface area (TPSA) is 35.6 Å². The number of urea groups is 1. The first kappa shape index (κ1) is 16.3. The predicted octanol–water partition coefficient (Wildman–Crippen LogP) is 2.87. The number of hydrogen-bond acceptors (Lipinski definition) is 2. The van der Waals surface area contributed by atoms with Crippen molar-refractivity contribution in [3.05, 3.63) is 35.4 Å². The van der Waals surface area contributed by atoms with E-state index in [2.05, 4.69) is 48.3 Å². The van der Waals surface area contributed by atoms with Crippen molar-refractivity contribution in [2.75, 3.05) is 26.2 Å². The first-order valence-corrected chi connectivity index (χ1v) is 8.96. The van der Waals surface area contributed by atoms with Gasteiger partial charge in [0.05, 0.1) is 0 Å². The van der Waals surface area contributed by atoms with Crippen LogP contribution in [-0.4, -0.2) is 48.1 Å². The van der Waals surface area contributed by atoms with Gasteiger partial charge < -0.3 is 15.1 Å². The molecule has 1 aromatic carbocycles. The highest BCUT2D eigenvalue weighted by Crippen LogP contribution is 2.19. The second-order valence-electron chi connectivity index (χ2n) is 7.36. The molecule has 0 atom stereocenters. The van der Waals surface area contributed by atoms with Crippen molar-refractivity contribution in [2.24, 2.45) is 5.92 Å². The Labute approximate surface area is 139 Å². The zero-order valence-electron chi connectivity index (χ0n) is 14.4. The molecule has 1 aromatic rings. The van der Waals surface area contributed by atoms with Gasteiger partial charge in [-0.3, -0.25) is 0 Å². The number of piperidine rings is 1. The first-order valence-electron chi connectivity index (χ1n) is 8.96. The molecule has 2 aliphatic heterocycles. The maximum atomic E-state index is 12.5. The van der Waals surface area contributed by atoms with E-state index in [-0.39, 0.29) is 6.03 Å². The Bertz CT molecular complexity index is 535. The van der Waals surface area contributed by atoms with Crippen LogP contribution in [0.25, 0.3) is 0 Å². The van der Waals surface area contributed by atoms with Gasteiger partial charge in [0, 0.05) is 38.8 Å². The van der Waals surface area contributed by atoms with E-state index in [1.165, 1.54) is 17.7 Å². The summed E-state index contributed by atoms with van der Waals surface area (Å²) in [6.07, 6.45) is 3.11. The van der Waals surface area contributed by atoms with Gasteiger partial charge in [0.1, 0.15) is 0 Å². The minimum absolute atomic E-state index is 0.113. The number of carbonyl (C=O) groups is 1. The summed E-state index contributed by atoms with van der Waals surface area (Å²) in [5.41, 5.74) is 2.68. The zero-order valence-corrected chi connectivity index (χ0v) is 14.4. The number of carbonyl (C=O) groups excluding carboxylic acids is 1. The summed E-state index contributed by atoms with van der Waals surface area (Å²) in [6, 6.07) is 8.91. The second kappa shape index (κ2) is 7.35. The molecule has 2 heterocycles. The molecular formula is C19H29N3O. The largest absolute Gasteiger partial charge is 0.335 e. The van der Waals surface area contributed by atoms with Crippen molar-refractivity contribution in [3.63, 3.8) is 0 Å². The van der Waals surface area contributed by atoms with Gasteiger partial charge in [0.2, 0.25) is 0 Å². The number of benzene rings is 1. The smallest absolute Gasteiger partial charge is 0.317 e. The molecule has 1 fully saturated rings. The average molecular weight is 315 g/mol. The lowest BCUT2D eigenvalue weighted by molar-refractivity contribution is 0.161. The third-order valence-electron chi connectivity index (χ3n) is 4.96. The fraction of sp³-hybridized carbons (Fsp3) is 0.632. The lowest BCUT2D eigenvalue weighted by atomic mass is 10.00. The highest BCUT2D eigenvalue weighted by molar-refractivity contribution is 5.75. The van der Waals surface area contributed by atoms with Crippen LogP contribution in [0.15, 0.2) is 24.3 Å². The standard InChI is InChI=1S/C19H29N3O/c1-15(2)13-21-10-8-18(9-11-21)20-19(23)22-12-7-16-5-3-4-6-17(16)14-22/h3-6,15,18H,7-14H2,1-2H3,(H,20,23). The molecule has 0 bridgehead atoms. The Hall–Kier alpha value is -1.55. The molecule has 4 nitrogen and oxygen atoms in total. The number of rotatable bonds is 3. The van der Waals surface area contributed by atoms with Crippen LogP contribution in [-0.2, 0) is 13.0 Å². The van der Waals surface area contributed by atoms with E-state index in [1.807, 2.05) is 4.90 Å². The summed E-state index contributed by atoms with van der Waals surface area (Å²) in [4.78, 5) is 17.0. The molecule has 0 saturated carbocycles. The Morgan fingerprint density at radius 2 is 1.87 bits per heavy atom. The Morgan fingerprint density at radius 3 is 2.57 bits per heavy atom. The normalized spacial score (nSPS) is 19.7. The first-order chi connectivity index (χ1) is 11.1. The quantitative estimate of drug-likeness (QED) is 0.931. The fourth-order valence-corrected chi connectivity index (χ4v) is 3.71. The van der Waals surface area contributed by atoms with Gasteiger partial charge >= 0.3 is 6.03 Å². The molecule has 0 aliphatic carbocycles. The van der Waals surface area contributed by atoms with E-state index in [9.17, 15) is 4.79 Å². The molecule has 0 radical (unpaired) electrons. The number of amides is 2. The molecule has 0 unspecified atom stereocenters. The van der Waals surface area contributed by atoms with Gasteiger partial charge in [0.25, 0.3) is 0 Å². The van der Waals surface area contributed by atoms with Crippen molar-refractivity contribution in [2.45, 2.75) is 45.7 Å². The SMILES string of the molecule is CC(C)CN1CCC(NC(=O)N2CCc3ccccc3C2)CC1. The highest BCUT2D eigenvalue weighted by atomic mass is 16.2. The highest BCUT2D eigenvalue weighted by Gasteiger charge is 2.25. The van der Waals surface area contributed by atoms with E-state index in [0.717, 1.165) is 51.4 Å². The summed E-state index contributed by atoms with van der Waals surface area (Å²) in [5.74, 6) is 0.717. The van der Waals surface area contributed by atoms with Crippen molar-refractivity contribution in [3.8, 4) is 0 Å². The van der Waals surface area contributed by atoms with Crippen LogP contribution in [0, 0.1) is 5.92 Å². The van der Waals surface area contributed by atoms with Gasteiger partial charge in [0.15, 0.2) is 0 Å². The van der Waals surface area contributed by atoms with Gasteiger partial charge in [-0.05, 0) is 36.3 Å². The van der Waals surface area contributed by atoms with Gasteiger partial charge in [-0.25, -0.2) is 4.79 Å². The Morgan fingerprint density at radius 1 is 1.17 bits per heavy atom. The van der Waals surface area contributed by atoms with E-state index in [1.54, 1.807) is 0 Å². The molecule has 1 N–H and O–H groups in total. The molecule has 126 valence electrons. The van der Waals surface area contributed by atoms with Gasteiger partial charge in [-0.15, -0.1) is 0 Å². The zero-order chi connectivity index (χ0) is 16.2. The van der Waals surface area contributed by atoms with Crippen molar-refractivity contribution in [1.29, 1.82) is 0 Å². The number of fused-ring (bicyclic) bond motifs is 1. The van der Waals surface area contributed by atoms with E-state index in [4.69, 9.17) is 0 Å². The minimum atomic E-state index is 0.113. The van der Waals surface area contributed by atoms with Crippen molar-refractivity contribution < 1.29 is 4.79 Å². The predicted molar refractivity (Wildman–Crippen MR) is 93.4 cm³/mol. The van der Waals surface area contributed by atoms with Gasteiger partial charge in [-0.2, -0.15) is 0 Å². The molecule has 0 spiro atoms. The lowest BCUT2D eigenvalue weighted by Crippen LogP contribution is -2.50. The van der Waals surface area contributed by atoms with Crippen LogP contribution < -0.4 is 5.32 Å². The van der Waals surface area contributed by atoms with E-state index < -0.39 is 0 Å². The molecule has 23 heavy (non-hydrogen) atoms. The third kappa shape index (κ3) is 4.25. The maximum absolute atomic E-state index is 12.5. The van der Waals surface area contributed by atoms with Crippen LogP contribution >= 0.6 is 0 Å². The van der Waals surface area contributed by atoms with E-state index >= 15 is 0 Å². The summed E-state index contributed by atoms with van der Waals surface area (Å²) < 4.78 is 0. The monoisotopic (exact) mass is 315 g/mol. The second-order valence-corrected chi connectivity index (χ2v) is 7.36. The fourth-order valence-electron chi connectivity index (χ4n) is 3.71. The molecule has 1 saturated heterocycles. The van der Waals surface area contributed by atoms with Crippen LogP contribution in [0.2, 0.25) is 0 Å². The number of hydrogen-bond donors (Lipinski definition) is 1. The molecule has 0 aromatic heterocycles. The molecule has 3 rings (SSSR count). The summed E-state index contributed by atoms with van der Waals surface area (Å²) in [5, 5.41) is 3.25. The van der Waals surface area contributed by atoms with Gasteiger partial charge in [-0.1, -0.05) is 38.1 Å². The lowest BCUT2D eigenvalue weighted by Gasteiger charge is -2.35. The summed E-state index contributed by atoms with van der Waals surface area (Å²) >= 11 is 0. The summed E-state index contributed by atoms with van der Waals surface area (Å²) in [6.45, 7) is 9.48. The van der Waals surface area contributed by atoms with Crippen LogP contribution in [0.4, 0.5) is 4.79 Å². The number of nitrogens with zero attached hydrogens (tertiary/aromatic N) is 2. The Balaban J connectivity index is 1.47. The van der Waals surface area contributed by atoms with Crippen molar-refractivity contribution in [1.82, 2.24) is 15.1 Å².